The molecule has 0 unspecified atom stereocenters. The Bertz CT molecular complexity index is 242. The van der Waals surface area contributed by atoms with E-state index in [0.717, 1.165) is 0 Å². The Balaban J connectivity index is 3.55. The van der Waals surface area contributed by atoms with E-state index >= 15 is 0 Å². The number of hydrogen-bond acceptors (Lipinski definition) is 4. The van der Waals surface area contributed by atoms with Gasteiger partial charge >= 0.3 is 12.1 Å². The highest BCUT2D eigenvalue weighted by molar-refractivity contribution is 6.67. The van der Waals surface area contributed by atoms with Gasteiger partial charge in [-0.2, -0.15) is 0 Å². The second kappa shape index (κ2) is 7.81. The lowest BCUT2D eigenvalue weighted by Crippen LogP contribution is -2.29. The molecule has 0 aromatic heterocycles. The third-order valence-electron chi connectivity index (χ3n) is 1.27. The van der Waals surface area contributed by atoms with Crippen LogP contribution >= 0.6 is 34.8 Å². The largest absolute Gasteiger partial charge is 0.466 e. The molecule has 0 spiro atoms. The van der Waals surface area contributed by atoms with E-state index < -0.39 is 15.9 Å². The lowest BCUT2D eigenvalue weighted by atomic mass is 10.4. The first-order chi connectivity index (χ1) is 7.35. The van der Waals surface area contributed by atoms with Gasteiger partial charge in [0.05, 0.1) is 13.0 Å². The van der Waals surface area contributed by atoms with Gasteiger partial charge in [0, 0.05) is 6.54 Å². The fraction of sp³-hybridized carbons (Fsp3) is 0.750. The van der Waals surface area contributed by atoms with Crippen LogP contribution in [0.1, 0.15) is 13.3 Å². The smallest absolute Gasteiger partial charge is 0.407 e. The van der Waals surface area contributed by atoms with Gasteiger partial charge in [0.1, 0.15) is 6.61 Å². The number of amides is 1. The highest BCUT2D eigenvalue weighted by atomic mass is 35.6. The number of alkyl halides is 3. The SMILES string of the molecule is CCOC(=O)CCNC(=O)OCC(Cl)(Cl)Cl. The molecule has 8 heteroatoms. The summed E-state index contributed by atoms with van der Waals surface area (Å²) in [6.45, 7) is 1.75. The lowest BCUT2D eigenvalue weighted by Gasteiger charge is -2.11. The maximum atomic E-state index is 11.0. The Kier molecular flexibility index (Phi) is 7.62. The van der Waals surface area contributed by atoms with Gasteiger partial charge in [0.2, 0.25) is 3.79 Å². The van der Waals surface area contributed by atoms with E-state index in [0.29, 0.717) is 6.61 Å². The molecule has 94 valence electrons. The summed E-state index contributed by atoms with van der Waals surface area (Å²) in [4.78, 5) is 21.8. The summed E-state index contributed by atoms with van der Waals surface area (Å²) in [7, 11) is 0. The average molecular weight is 293 g/mol. The van der Waals surface area contributed by atoms with Crippen LogP contribution in [-0.2, 0) is 14.3 Å². The Labute approximate surface area is 108 Å². The van der Waals surface area contributed by atoms with Crippen LogP contribution in [0.25, 0.3) is 0 Å². The highest BCUT2D eigenvalue weighted by Crippen LogP contribution is 2.25. The molecule has 0 saturated carbocycles. The number of carbonyl (C=O) groups is 2. The molecule has 0 aromatic carbocycles. The summed E-state index contributed by atoms with van der Waals surface area (Å²) in [5.74, 6) is -0.399. The molecule has 1 amide bonds. The molecule has 0 aromatic rings. The Morgan fingerprint density at radius 1 is 1.25 bits per heavy atom. The van der Waals surface area contributed by atoms with Crippen LogP contribution in [0, 0.1) is 0 Å². The molecular formula is C8H12Cl3NO4. The fourth-order valence-electron chi connectivity index (χ4n) is 0.698. The van der Waals surface area contributed by atoms with Crippen molar-refractivity contribution in [2.24, 2.45) is 0 Å². The van der Waals surface area contributed by atoms with Crippen LogP contribution in [0.5, 0.6) is 0 Å². The highest BCUT2D eigenvalue weighted by Gasteiger charge is 2.21. The number of carbonyl (C=O) groups excluding carboxylic acids is 2. The number of alkyl carbamates (subject to hydrolysis) is 1. The zero-order chi connectivity index (χ0) is 12.6. The Morgan fingerprint density at radius 2 is 1.88 bits per heavy atom. The lowest BCUT2D eigenvalue weighted by molar-refractivity contribution is -0.142. The van der Waals surface area contributed by atoms with Gasteiger partial charge < -0.3 is 14.8 Å². The van der Waals surface area contributed by atoms with E-state index in [-0.39, 0.29) is 19.6 Å². The van der Waals surface area contributed by atoms with E-state index in [1.54, 1.807) is 6.92 Å². The predicted octanol–water partition coefficient (Wildman–Crippen LogP) is 2.04. The van der Waals surface area contributed by atoms with Crippen LogP contribution in [0.3, 0.4) is 0 Å². The van der Waals surface area contributed by atoms with Gasteiger partial charge in [0.15, 0.2) is 0 Å². The molecule has 5 nitrogen and oxygen atoms in total. The summed E-state index contributed by atoms with van der Waals surface area (Å²) in [6, 6.07) is 0. The predicted molar refractivity (Wildman–Crippen MR) is 60.9 cm³/mol. The van der Waals surface area contributed by atoms with Crippen molar-refractivity contribution in [3.8, 4) is 0 Å². The van der Waals surface area contributed by atoms with Crippen molar-refractivity contribution in [1.29, 1.82) is 0 Å². The number of esters is 1. The second-order valence-electron chi connectivity index (χ2n) is 2.67. The molecule has 16 heavy (non-hydrogen) atoms. The molecule has 0 aliphatic carbocycles. The number of nitrogens with one attached hydrogen (secondary N) is 1. The monoisotopic (exact) mass is 291 g/mol. The third kappa shape index (κ3) is 10.1. The Morgan fingerprint density at radius 3 is 2.38 bits per heavy atom. The van der Waals surface area contributed by atoms with Crippen molar-refractivity contribution in [3.63, 3.8) is 0 Å². The molecule has 0 aliphatic heterocycles. The molecule has 0 saturated heterocycles. The van der Waals surface area contributed by atoms with E-state index in [1.165, 1.54) is 0 Å². The minimum Gasteiger partial charge on any atom is -0.466 e. The van der Waals surface area contributed by atoms with E-state index in [2.05, 4.69) is 14.8 Å². The Hall–Kier alpha value is -0.390. The summed E-state index contributed by atoms with van der Waals surface area (Å²) >= 11 is 16.1. The zero-order valence-corrected chi connectivity index (χ0v) is 10.9. The first-order valence-corrected chi connectivity index (χ1v) is 5.61. The molecule has 1 N–H and O–H groups in total. The minimum atomic E-state index is -1.64. The zero-order valence-electron chi connectivity index (χ0n) is 8.60. The second-order valence-corrected chi connectivity index (χ2v) is 5.19. The van der Waals surface area contributed by atoms with Crippen molar-refractivity contribution in [2.45, 2.75) is 17.1 Å². The van der Waals surface area contributed by atoms with Crippen molar-refractivity contribution < 1.29 is 19.1 Å². The normalized spacial score (nSPS) is 10.8. The quantitative estimate of drug-likeness (QED) is 0.622. The van der Waals surface area contributed by atoms with E-state index in [1.807, 2.05) is 0 Å². The van der Waals surface area contributed by atoms with Gasteiger partial charge in [-0.25, -0.2) is 4.79 Å². The molecule has 0 radical (unpaired) electrons. The standard InChI is InChI=1S/C8H12Cl3NO4/c1-2-15-6(13)3-4-12-7(14)16-5-8(9,10)11/h2-5H2,1H3,(H,12,14). The van der Waals surface area contributed by atoms with Gasteiger partial charge in [0.25, 0.3) is 0 Å². The molecular weight excluding hydrogens is 280 g/mol. The summed E-state index contributed by atoms with van der Waals surface area (Å²) < 4.78 is 7.55. The van der Waals surface area contributed by atoms with Gasteiger partial charge in [-0.1, -0.05) is 34.8 Å². The summed E-state index contributed by atoms with van der Waals surface area (Å²) in [5.41, 5.74) is 0. The molecule has 0 heterocycles. The number of rotatable bonds is 5. The first-order valence-electron chi connectivity index (χ1n) is 4.48. The molecule has 0 fully saturated rings. The van der Waals surface area contributed by atoms with Crippen LogP contribution < -0.4 is 5.32 Å². The van der Waals surface area contributed by atoms with Crippen molar-refractivity contribution in [1.82, 2.24) is 5.32 Å². The molecule has 0 rings (SSSR count). The molecule has 0 bridgehead atoms. The molecule has 0 atom stereocenters. The van der Waals surface area contributed by atoms with Gasteiger partial charge in [-0.05, 0) is 6.92 Å². The van der Waals surface area contributed by atoms with E-state index in [9.17, 15) is 9.59 Å². The first kappa shape index (κ1) is 15.6. The van der Waals surface area contributed by atoms with Gasteiger partial charge in [-0.15, -0.1) is 0 Å². The van der Waals surface area contributed by atoms with Crippen LogP contribution in [0.15, 0.2) is 0 Å². The maximum Gasteiger partial charge on any atom is 0.407 e. The van der Waals surface area contributed by atoms with E-state index in [4.69, 9.17) is 34.8 Å². The topological polar surface area (TPSA) is 64.6 Å². The fourth-order valence-corrected chi connectivity index (χ4v) is 0.862. The number of hydrogen-bond donors (Lipinski definition) is 1. The van der Waals surface area contributed by atoms with Crippen LogP contribution in [0.4, 0.5) is 4.79 Å². The van der Waals surface area contributed by atoms with Crippen molar-refractivity contribution in [3.05, 3.63) is 0 Å². The third-order valence-corrected chi connectivity index (χ3v) is 1.60. The van der Waals surface area contributed by atoms with Gasteiger partial charge in [-0.3, -0.25) is 4.79 Å². The van der Waals surface area contributed by atoms with Crippen LogP contribution in [0.2, 0.25) is 0 Å². The molecule has 0 aliphatic rings. The summed E-state index contributed by atoms with van der Waals surface area (Å²) in [5, 5.41) is 2.31. The van der Waals surface area contributed by atoms with Crippen LogP contribution in [-0.4, -0.2) is 35.6 Å². The summed E-state index contributed by atoms with van der Waals surface area (Å²) in [6.07, 6.45) is -0.688. The van der Waals surface area contributed by atoms with Crippen molar-refractivity contribution in [2.75, 3.05) is 19.8 Å². The van der Waals surface area contributed by atoms with Crippen molar-refractivity contribution >= 4 is 46.9 Å². The average Bonchev–Trinajstić information content (AvgIpc) is 2.14. The maximum absolute atomic E-state index is 11.0. The number of ether oxygens (including phenoxy) is 2. The minimum absolute atomic E-state index is 0.0662. The number of halogens is 3.